The lowest BCUT2D eigenvalue weighted by molar-refractivity contribution is -0.132. The van der Waals surface area contributed by atoms with E-state index in [1.54, 1.807) is 36.4 Å². The van der Waals surface area contributed by atoms with Crippen molar-refractivity contribution in [2.75, 3.05) is 4.90 Å². The number of hydrogen-bond acceptors (Lipinski definition) is 9. The molecule has 1 saturated heterocycles. The molecule has 0 aliphatic carbocycles. The normalized spacial score (nSPS) is 16.1. The third kappa shape index (κ3) is 6.08. The summed E-state index contributed by atoms with van der Waals surface area (Å²) in [7, 11) is 0. The van der Waals surface area contributed by atoms with Gasteiger partial charge < -0.3 is 14.3 Å². The molecule has 1 fully saturated rings. The van der Waals surface area contributed by atoms with Crippen LogP contribution in [0, 0.1) is 6.92 Å². The summed E-state index contributed by atoms with van der Waals surface area (Å²) in [5, 5.41) is 20.7. The van der Waals surface area contributed by atoms with Crippen LogP contribution in [0.15, 0.2) is 106 Å². The molecule has 1 aliphatic heterocycles. The molecule has 0 spiro atoms. The van der Waals surface area contributed by atoms with E-state index in [4.69, 9.17) is 20.8 Å². The SMILES string of the molecule is Cc1ccccc1COc1ccc(C(O)=C2C(=O)C(=O)N(c3nnc(SCc4ccc(Cl)cc4)s3)C2c2ccco2)cc1. The van der Waals surface area contributed by atoms with E-state index in [2.05, 4.69) is 10.2 Å². The van der Waals surface area contributed by atoms with Gasteiger partial charge in [0, 0.05) is 16.3 Å². The second-order valence-electron chi connectivity index (χ2n) is 9.69. The Bertz CT molecular complexity index is 1800. The lowest BCUT2D eigenvalue weighted by atomic mass is 9.99. The standard InChI is InChI=1S/C32H24ClN3O5S2/c1-19-5-2-3-6-22(19)17-41-24-14-10-21(11-15-24)28(37)26-27(25-7-4-16-40-25)36(30(39)29(26)38)31-34-35-32(43-31)42-18-20-8-12-23(33)13-9-20/h2-16,27,37H,17-18H2,1H3. The zero-order valence-electron chi connectivity index (χ0n) is 22.8. The van der Waals surface area contributed by atoms with Crippen LogP contribution in [-0.2, 0) is 21.9 Å². The summed E-state index contributed by atoms with van der Waals surface area (Å²) in [6, 6.07) is 24.4. The van der Waals surface area contributed by atoms with Gasteiger partial charge in [0.05, 0.1) is 11.8 Å². The van der Waals surface area contributed by atoms with E-state index >= 15 is 0 Å². The summed E-state index contributed by atoms with van der Waals surface area (Å²) in [4.78, 5) is 28.0. The van der Waals surface area contributed by atoms with Crippen molar-refractivity contribution in [1.82, 2.24) is 10.2 Å². The first-order valence-corrected chi connectivity index (χ1v) is 15.4. The van der Waals surface area contributed by atoms with E-state index in [0.717, 1.165) is 16.7 Å². The molecule has 0 saturated carbocycles. The molecule has 0 radical (unpaired) electrons. The number of aryl methyl sites for hydroxylation is 1. The number of halogens is 1. The first-order chi connectivity index (χ1) is 20.9. The number of carbonyl (C=O) groups is 2. The predicted octanol–water partition coefficient (Wildman–Crippen LogP) is 7.59. The first-order valence-electron chi connectivity index (χ1n) is 13.2. The van der Waals surface area contributed by atoms with Crippen molar-refractivity contribution in [3.05, 3.63) is 130 Å². The molecule has 0 bridgehead atoms. The van der Waals surface area contributed by atoms with Crippen molar-refractivity contribution in [3.63, 3.8) is 0 Å². The molecule has 216 valence electrons. The maximum Gasteiger partial charge on any atom is 0.302 e. The minimum Gasteiger partial charge on any atom is -0.507 e. The van der Waals surface area contributed by atoms with Crippen molar-refractivity contribution < 1.29 is 23.8 Å². The number of furan rings is 1. The highest BCUT2D eigenvalue weighted by molar-refractivity contribution is 8.00. The van der Waals surface area contributed by atoms with Crippen molar-refractivity contribution in [1.29, 1.82) is 0 Å². The van der Waals surface area contributed by atoms with Crippen LogP contribution in [0.4, 0.5) is 5.13 Å². The molecule has 43 heavy (non-hydrogen) atoms. The molecular weight excluding hydrogens is 606 g/mol. The van der Waals surface area contributed by atoms with Gasteiger partial charge in [0.25, 0.3) is 5.78 Å². The molecule has 1 N–H and O–H groups in total. The topological polar surface area (TPSA) is 106 Å². The number of anilines is 1. The predicted molar refractivity (Wildman–Crippen MR) is 166 cm³/mol. The van der Waals surface area contributed by atoms with Gasteiger partial charge in [-0.3, -0.25) is 14.5 Å². The maximum atomic E-state index is 13.4. The maximum absolute atomic E-state index is 13.4. The van der Waals surface area contributed by atoms with Crippen molar-refractivity contribution in [3.8, 4) is 5.75 Å². The fourth-order valence-electron chi connectivity index (χ4n) is 4.63. The Morgan fingerprint density at radius 1 is 1.02 bits per heavy atom. The van der Waals surface area contributed by atoms with Crippen LogP contribution in [0.3, 0.4) is 0 Å². The van der Waals surface area contributed by atoms with Gasteiger partial charge in [-0.15, -0.1) is 10.2 Å². The fourth-order valence-corrected chi connectivity index (χ4v) is 6.58. The molecule has 5 aromatic rings. The molecule has 11 heteroatoms. The number of benzene rings is 3. The average molecular weight is 630 g/mol. The Morgan fingerprint density at radius 3 is 2.51 bits per heavy atom. The smallest absolute Gasteiger partial charge is 0.302 e. The number of aromatic nitrogens is 2. The van der Waals surface area contributed by atoms with Crippen LogP contribution in [0.2, 0.25) is 5.02 Å². The van der Waals surface area contributed by atoms with Crippen LogP contribution < -0.4 is 9.64 Å². The Kier molecular flexibility index (Phi) is 8.33. The lowest BCUT2D eigenvalue weighted by Crippen LogP contribution is -2.29. The minimum absolute atomic E-state index is 0.0981. The number of aliphatic hydroxyl groups excluding tert-OH is 1. The molecular formula is C32H24ClN3O5S2. The summed E-state index contributed by atoms with van der Waals surface area (Å²) >= 11 is 8.61. The Morgan fingerprint density at radius 2 is 1.79 bits per heavy atom. The van der Waals surface area contributed by atoms with E-state index in [1.807, 2.05) is 55.5 Å². The highest BCUT2D eigenvalue weighted by Gasteiger charge is 2.49. The van der Waals surface area contributed by atoms with Gasteiger partial charge in [-0.05, 0) is 72.1 Å². The van der Waals surface area contributed by atoms with Crippen molar-refractivity contribution in [2.45, 2.75) is 29.7 Å². The molecule has 1 amide bonds. The molecule has 1 aliphatic rings. The molecule has 1 unspecified atom stereocenters. The number of Topliss-reactive ketones (excluding diaryl/α,β-unsaturated/α-hetero) is 1. The van der Waals surface area contributed by atoms with E-state index < -0.39 is 17.7 Å². The van der Waals surface area contributed by atoms with Gasteiger partial charge >= 0.3 is 5.91 Å². The van der Waals surface area contributed by atoms with Crippen LogP contribution in [0.1, 0.15) is 34.1 Å². The number of aliphatic hydroxyl groups is 1. The average Bonchev–Trinajstić information content (AvgIpc) is 3.77. The second-order valence-corrected chi connectivity index (χ2v) is 12.3. The minimum atomic E-state index is -1.02. The highest BCUT2D eigenvalue weighted by Crippen LogP contribution is 2.44. The number of nitrogens with zero attached hydrogens (tertiary/aromatic N) is 3. The Hall–Kier alpha value is -4.38. The van der Waals surface area contributed by atoms with Crippen LogP contribution >= 0.6 is 34.7 Å². The summed E-state index contributed by atoms with van der Waals surface area (Å²) in [5.74, 6) is -0.466. The molecule has 6 rings (SSSR count). The van der Waals surface area contributed by atoms with Gasteiger partial charge in [-0.2, -0.15) is 0 Å². The molecule has 3 aromatic carbocycles. The zero-order chi connectivity index (χ0) is 29.9. The summed E-state index contributed by atoms with van der Waals surface area (Å²) in [5.41, 5.74) is 3.50. The van der Waals surface area contributed by atoms with E-state index in [0.29, 0.717) is 38.8 Å². The quantitative estimate of drug-likeness (QED) is 0.0584. The molecule has 1 atom stereocenters. The van der Waals surface area contributed by atoms with Gasteiger partial charge in [0.1, 0.15) is 29.9 Å². The number of rotatable bonds is 9. The van der Waals surface area contributed by atoms with Gasteiger partial charge in [-0.25, -0.2) is 0 Å². The van der Waals surface area contributed by atoms with Crippen LogP contribution in [0.25, 0.3) is 5.76 Å². The fraction of sp³-hybridized carbons (Fsp3) is 0.125. The number of amides is 1. The number of ether oxygens (including phenoxy) is 1. The van der Waals surface area contributed by atoms with Crippen molar-refractivity contribution in [2.24, 2.45) is 0 Å². The Labute approximate surface area is 260 Å². The molecule has 8 nitrogen and oxygen atoms in total. The summed E-state index contributed by atoms with van der Waals surface area (Å²) in [6.07, 6.45) is 1.45. The Balaban J connectivity index is 1.26. The number of thioether (sulfide) groups is 1. The second kappa shape index (κ2) is 12.5. The monoisotopic (exact) mass is 629 g/mol. The van der Waals surface area contributed by atoms with Crippen LogP contribution in [-0.4, -0.2) is 27.0 Å². The van der Waals surface area contributed by atoms with E-state index in [-0.39, 0.29) is 16.5 Å². The number of carbonyl (C=O) groups excluding carboxylic acids is 2. The van der Waals surface area contributed by atoms with Gasteiger partial charge in [-0.1, -0.05) is 71.1 Å². The van der Waals surface area contributed by atoms with Gasteiger partial charge in [0.2, 0.25) is 5.13 Å². The van der Waals surface area contributed by atoms with Crippen molar-refractivity contribution >= 4 is 57.3 Å². The third-order valence-electron chi connectivity index (χ3n) is 6.92. The van der Waals surface area contributed by atoms with Crippen LogP contribution in [0.5, 0.6) is 5.75 Å². The summed E-state index contributed by atoms with van der Waals surface area (Å²) in [6.45, 7) is 2.41. The number of ketones is 1. The number of hydrogen-bond donors (Lipinski definition) is 1. The highest BCUT2D eigenvalue weighted by atomic mass is 35.5. The third-order valence-corrected chi connectivity index (χ3v) is 9.30. The lowest BCUT2D eigenvalue weighted by Gasteiger charge is -2.20. The first kappa shape index (κ1) is 28.7. The molecule has 3 heterocycles. The summed E-state index contributed by atoms with van der Waals surface area (Å²) < 4.78 is 12.2. The molecule has 2 aromatic heterocycles. The zero-order valence-corrected chi connectivity index (χ0v) is 25.2. The van der Waals surface area contributed by atoms with Gasteiger partial charge in [0.15, 0.2) is 4.34 Å². The van der Waals surface area contributed by atoms with E-state index in [9.17, 15) is 14.7 Å². The van der Waals surface area contributed by atoms with E-state index in [1.165, 1.54) is 34.3 Å². The largest absolute Gasteiger partial charge is 0.507 e.